The topological polar surface area (TPSA) is 38.8 Å². The SMILES string of the molecule is CC(=O)O[C@H]1CC[C@]2(C)[C@H]3CC[C@]4(C)[C@@H]([C@H](C)CCCC(C)C)CC[C@H]4[C@@H]3CC[C@@]23O[C@@]13C. The van der Waals surface area contributed by atoms with E-state index >= 15 is 0 Å². The number of rotatable bonds is 6. The average Bonchev–Trinajstić information content (AvgIpc) is 3.21. The van der Waals surface area contributed by atoms with Gasteiger partial charge in [-0.15, -0.1) is 0 Å². The molecule has 0 bridgehead atoms. The standard InChI is InChI=1S/C30H50O3/c1-19(2)9-8-10-20(3)23-11-12-24-22-13-18-30-28(6,25(22)14-16-27(23,24)5)17-15-26(32-21(4)31)29(30,7)33-30/h19-20,22-26H,8-18H2,1-7H3/t20-,22+,23-,24+,25+,26+,27-,28-,29+,30-/m1/s1. The van der Waals surface area contributed by atoms with E-state index in [1.807, 2.05) is 0 Å². The van der Waals surface area contributed by atoms with Crippen LogP contribution in [-0.2, 0) is 14.3 Å². The van der Waals surface area contributed by atoms with Crippen molar-refractivity contribution >= 4 is 5.97 Å². The van der Waals surface area contributed by atoms with Crippen molar-refractivity contribution in [1.82, 2.24) is 0 Å². The van der Waals surface area contributed by atoms with Crippen molar-refractivity contribution in [1.29, 1.82) is 0 Å². The fourth-order valence-corrected chi connectivity index (χ4v) is 10.6. The molecule has 0 aromatic carbocycles. The number of carbonyl (C=O) groups is 1. The Morgan fingerprint density at radius 1 is 0.939 bits per heavy atom. The van der Waals surface area contributed by atoms with Crippen molar-refractivity contribution in [2.24, 2.45) is 46.3 Å². The Hall–Kier alpha value is -0.570. The van der Waals surface area contributed by atoms with Gasteiger partial charge in [-0.2, -0.15) is 0 Å². The van der Waals surface area contributed by atoms with E-state index in [9.17, 15) is 4.79 Å². The van der Waals surface area contributed by atoms with E-state index in [4.69, 9.17) is 9.47 Å². The van der Waals surface area contributed by atoms with Crippen LogP contribution in [0.3, 0.4) is 0 Å². The summed E-state index contributed by atoms with van der Waals surface area (Å²) in [6, 6.07) is 0. The molecule has 0 unspecified atom stereocenters. The fourth-order valence-electron chi connectivity index (χ4n) is 10.6. The Morgan fingerprint density at radius 3 is 2.39 bits per heavy atom. The number of carbonyl (C=O) groups excluding carboxylic acids is 1. The molecule has 1 saturated heterocycles. The van der Waals surface area contributed by atoms with Gasteiger partial charge in [0.05, 0.1) is 0 Å². The van der Waals surface area contributed by atoms with Crippen LogP contribution >= 0.6 is 0 Å². The number of hydrogen-bond donors (Lipinski definition) is 0. The van der Waals surface area contributed by atoms with Gasteiger partial charge in [0.2, 0.25) is 0 Å². The maximum atomic E-state index is 11.8. The zero-order valence-corrected chi connectivity index (χ0v) is 22.5. The highest BCUT2D eigenvalue weighted by atomic mass is 16.7. The third kappa shape index (κ3) is 3.33. The molecule has 4 aliphatic carbocycles. The van der Waals surface area contributed by atoms with Gasteiger partial charge in [-0.1, -0.05) is 53.9 Å². The van der Waals surface area contributed by atoms with E-state index in [1.165, 1.54) is 57.8 Å². The minimum atomic E-state index is -0.263. The number of ether oxygens (including phenoxy) is 2. The first kappa shape index (κ1) is 24.1. The van der Waals surface area contributed by atoms with E-state index in [0.29, 0.717) is 5.41 Å². The molecule has 3 nitrogen and oxygen atoms in total. The molecule has 0 radical (unpaired) electrons. The van der Waals surface area contributed by atoms with Gasteiger partial charge in [0.15, 0.2) is 0 Å². The lowest BCUT2D eigenvalue weighted by molar-refractivity contribution is -0.156. The second kappa shape index (κ2) is 7.97. The molecular formula is C30H50O3. The third-order valence-electron chi connectivity index (χ3n) is 12.2. The quantitative estimate of drug-likeness (QED) is 0.304. The summed E-state index contributed by atoms with van der Waals surface area (Å²) < 4.78 is 12.5. The molecule has 1 aliphatic heterocycles. The third-order valence-corrected chi connectivity index (χ3v) is 12.2. The molecule has 5 rings (SSSR count). The number of hydrogen-bond acceptors (Lipinski definition) is 3. The predicted octanol–water partition coefficient (Wildman–Crippen LogP) is 7.56. The van der Waals surface area contributed by atoms with Crippen LogP contribution < -0.4 is 0 Å². The van der Waals surface area contributed by atoms with Crippen molar-refractivity contribution < 1.29 is 14.3 Å². The van der Waals surface area contributed by atoms with Crippen molar-refractivity contribution in [3.8, 4) is 0 Å². The molecule has 0 amide bonds. The molecule has 188 valence electrons. The van der Waals surface area contributed by atoms with Crippen LogP contribution in [-0.4, -0.2) is 23.3 Å². The first-order chi connectivity index (χ1) is 15.5. The molecule has 0 aromatic rings. The van der Waals surface area contributed by atoms with Gasteiger partial charge >= 0.3 is 5.97 Å². The zero-order chi connectivity index (χ0) is 23.8. The number of epoxide rings is 1. The summed E-state index contributed by atoms with van der Waals surface area (Å²) in [6.45, 7) is 16.3. The Balaban J connectivity index is 1.32. The molecule has 3 heteroatoms. The first-order valence-electron chi connectivity index (χ1n) is 14.4. The molecule has 1 spiro atoms. The Bertz CT molecular complexity index is 777. The summed E-state index contributed by atoms with van der Waals surface area (Å²) in [7, 11) is 0. The smallest absolute Gasteiger partial charge is 0.303 e. The van der Waals surface area contributed by atoms with Crippen LogP contribution in [0.4, 0.5) is 0 Å². The van der Waals surface area contributed by atoms with Crippen LogP contribution in [0.5, 0.6) is 0 Å². The number of esters is 1. The van der Waals surface area contributed by atoms with E-state index in [-0.39, 0.29) is 28.7 Å². The highest BCUT2D eigenvalue weighted by molar-refractivity contribution is 5.66. The molecular weight excluding hydrogens is 408 g/mol. The van der Waals surface area contributed by atoms with Crippen LogP contribution in [0.1, 0.15) is 119 Å². The Kier molecular flexibility index (Phi) is 5.83. The summed E-state index contributed by atoms with van der Waals surface area (Å²) in [5.74, 6) is 5.01. The minimum Gasteiger partial charge on any atom is -0.459 e. The van der Waals surface area contributed by atoms with E-state index in [2.05, 4.69) is 41.5 Å². The molecule has 33 heavy (non-hydrogen) atoms. The van der Waals surface area contributed by atoms with Crippen molar-refractivity contribution in [2.75, 3.05) is 0 Å². The predicted molar refractivity (Wildman–Crippen MR) is 133 cm³/mol. The van der Waals surface area contributed by atoms with E-state index in [0.717, 1.165) is 48.3 Å². The highest BCUT2D eigenvalue weighted by Gasteiger charge is 2.83. The molecule has 0 aromatic heterocycles. The van der Waals surface area contributed by atoms with Crippen LogP contribution in [0.15, 0.2) is 0 Å². The second-order valence-electron chi connectivity index (χ2n) is 14.0. The zero-order valence-electron chi connectivity index (χ0n) is 22.5. The molecule has 10 atom stereocenters. The lowest BCUT2D eigenvalue weighted by atomic mass is 9.43. The summed E-state index contributed by atoms with van der Waals surface area (Å²) >= 11 is 0. The van der Waals surface area contributed by atoms with Crippen LogP contribution in [0.2, 0.25) is 0 Å². The maximum absolute atomic E-state index is 11.8. The van der Waals surface area contributed by atoms with Gasteiger partial charge in [-0.05, 0) is 99.2 Å². The summed E-state index contributed by atoms with van der Waals surface area (Å²) in [5, 5.41) is 0. The monoisotopic (exact) mass is 458 g/mol. The summed E-state index contributed by atoms with van der Waals surface area (Å²) in [6.07, 6.45) is 14.5. The van der Waals surface area contributed by atoms with Crippen molar-refractivity contribution in [3.05, 3.63) is 0 Å². The van der Waals surface area contributed by atoms with Gasteiger partial charge < -0.3 is 9.47 Å². The number of fused-ring (bicyclic) bond motifs is 4. The van der Waals surface area contributed by atoms with Crippen molar-refractivity contribution in [3.63, 3.8) is 0 Å². The Labute approximate surface area is 203 Å². The molecule has 0 N–H and O–H groups in total. The minimum absolute atomic E-state index is 0.0592. The van der Waals surface area contributed by atoms with Crippen LogP contribution in [0, 0.1) is 46.3 Å². The highest BCUT2D eigenvalue weighted by Crippen LogP contribution is 2.77. The van der Waals surface area contributed by atoms with Gasteiger partial charge in [0.25, 0.3) is 0 Å². The lowest BCUT2D eigenvalue weighted by Gasteiger charge is -2.60. The summed E-state index contributed by atoms with van der Waals surface area (Å²) in [5.41, 5.74) is 0.460. The maximum Gasteiger partial charge on any atom is 0.303 e. The summed E-state index contributed by atoms with van der Waals surface area (Å²) in [4.78, 5) is 11.8. The van der Waals surface area contributed by atoms with E-state index in [1.54, 1.807) is 6.92 Å². The molecule has 5 aliphatic rings. The van der Waals surface area contributed by atoms with Gasteiger partial charge in [-0.3, -0.25) is 4.79 Å². The fraction of sp³-hybridized carbons (Fsp3) is 0.967. The van der Waals surface area contributed by atoms with Crippen LogP contribution in [0.25, 0.3) is 0 Å². The largest absolute Gasteiger partial charge is 0.459 e. The van der Waals surface area contributed by atoms with Gasteiger partial charge in [-0.25, -0.2) is 0 Å². The second-order valence-corrected chi connectivity index (χ2v) is 14.0. The van der Waals surface area contributed by atoms with Gasteiger partial charge in [0.1, 0.15) is 17.3 Å². The van der Waals surface area contributed by atoms with Crippen molar-refractivity contribution in [2.45, 2.75) is 136 Å². The van der Waals surface area contributed by atoms with E-state index < -0.39 is 0 Å². The molecule has 4 saturated carbocycles. The first-order valence-corrected chi connectivity index (χ1v) is 14.4. The molecule has 5 fully saturated rings. The average molecular weight is 459 g/mol. The Morgan fingerprint density at radius 2 is 1.70 bits per heavy atom. The normalized spacial score (nSPS) is 51.2. The molecule has 1 heterocycles. The van der Waals surface area contributed by atoms with Gasteiger partial charge in [0, 0.05) is 12.3 Å². The lowest BCUT2D eigenvalue weighted by Crippen LogP contribution is -2.61.